The molecule has 1 aliphatic rings. The van der Waals surface area contributed by atoms with Gasteiger partial charge in [0.1, 0.15) is 12.3 Å². The Hall–Kier alpha value is -2.61. The molecule has 0 radical (unpaired) electrons. The van der Waals surface area contributed by atoms with E-state index in [0.717, 1.165) is 14.9 Å². The zero-order valence-electron chi connectivity index (χ0n) is 14.4. The zero-order valence-corrected chi connectivity index (χ0v) is 15.9. The number of furan rings is 1. The largest absolute Gasteiger partial charge is 0.466 e. The van der Waals surface area contributed by atoms with Crippen molar-refractivity contribution >= 4 is 33.8 Å². The van der Waals surface area contributed by atoms with Crippen LogP contribution in [0.1, 0.15) is 18.2 Å². The number of nitrogens with zero attached hydrogens (tertiary/aromatic N) is 2. The standard InChI is InChI=1S/C18H18BrN3O4/c1-18(14-8-5-9-26-14)16(24)22(17(25)20-18)11-15(23)21(2)10-12-6-3-4-7-13(12)19/h3-9H,10-11H2,1-2H3,(H,20,25). The molecule has 8 heteroatoms. The van der Waals surface area contributed by atoms with Crippen molar-refractivity contribution < 1.29 is 18.8 Å². The van der Waals surface area contributed by atoms with Gasteiger partial charge in [0.25, 0.3) is 5.91 Å². The van der Waals surface area contributed by atoms with Crippen LogP contribution in [-0.4, -0.2) is 41.2 Å². The van der Waals surface area contributed by atoms with Gasteiger partial charge in [0.05, 0.1) is 6.26 Å². The van der Waals surface area contributed by atoms with Crippen LogP contribution in [0, 0.1) is 0 Å². The Morgan fingerprint density at radius 3 is 2.65 bits per heavy atom. The maximum Gasteiger partial charge on any atom is 0.325 e. The fraction of sp³-hybridized carbons (Fsp3) is 0.278. The number of hydrogen-bond donors (Lipinski definition) is 1. The smallest absolute Gasteiger partial charge is 0.325 e. The van der Waals surface area contributed by atoms with Crippen LogP contribution in [0.25, 0.3) is 0 Å². The lowest BCUT2D eigenvalue weighted by Crippen LogP contribution is -2.43. The third kappa shape index (κ3) is 3.24. The summed E-state index contributed by atoms with van der Waals surface area (Å²) in [6.07, 6.45) is 1.43. The predicted molar refractivity (Wildman–Crippen MR) is 96.9 cm³/mol. The molecule has 2 aromatic rings. The van der Waals surface area contributed by atoms with E-state index in [0.29, 0.717) is 12.3 Å². The molecular weight excluding hydrogens is 402 g/mol. The van der Waals surface area contributed by atoms with E-state index in [1.54, 1.807) is 26.1 Å². The number of urea groups is 1. The fourth-order valence-corrected chi connectivity index (χ4v) is 3.21. The molecule has 4 amide bonds. The van der Waals surface area contributed by atoms with Crippen LogP contribution < -0.4 is 5.32 Å². The second-order valence-corrected chi connectivity index (χ2v) is 7.12. The highest BCUT2D eigenvalue weighted by Crippen LogP contribution is 2.29. The number of rotatable bonds is 5. The average molecular weight is 420 g/mol. The first-order valence-corrected chi connectivity index (χ1v) is 8.77. The number of carbonyl (C=O) groups is 3. The van der Waals surface area contributed by atoms with E-state index in [1.165, 1.54) is 11.2 Å². The van der Waals surface area contributed by atoms with Crippen LogP contribution in [0.4, 0.5) is 4.79 Å². The normalized spacial score (nSPS) is 19.6. The summed E-state index contributed by atoms with van der Waals surface area (Å²) in [5.41, 5.74) is -0.372. The molecule has 1 N–H and O–H groups in total. The van der Waals surface area contributed by atoms with E-state index < -0.39 is 17.5 Å². The van der Waals surface area contributed by atoms with Crippen LogP contribution in [0.3, 0.4) is 0 Å². The molecule has 1 fully saturated rings. The first-order valence-electron chi connectivity index (χ1n) is 7.98. The van der Waals surface area contributed by atoms with Gasteiger partial charge in [-0.05, 0) is 30.7 Å². The maximum absolute atomic E-state index is 12.7. The van der Waals surface area contributed by atoms with Gasteiger partial charge in [-0.15, -0.1) is 0 Å². The van der Waals surface area contributed by atoms with Gasteiger partial charge in [-0.25, -0.2) is 4.79 Å². The maximum atomic E-state index is 12.7. The van der Waals surface area contributed by atoms with E-state index in [4.69, 9.17) is 4.42 Å². The Kier molecular flexibility index (Phi) is 4.86. The van der Waals surface area contributed by atoms with Gasteiger partial charge in [-0.2, -0.15) is 0 Å². The van der Waals surface area contributed by atoms with Crippen molar-refractivity contribution in [3.8, 4) is 0 Å². The van der Waals surface area contributed by atoms with Crippen LogP contribution in [0.5, 0.6) is 0 Å². The lowest BCUT2D eigenvalue weighted by atomic mass is 9.99. The van der Waals surface area contributed by atoms with Gasteiger partial charge >= 0.3 is 6.03 Å². The summed E-state index contributed by atoms with van der Waals surface area (Å²) in [6.45, 7) is 1.59. The van der Waals surface area contributed by atoms with Crippen LogP contribution in [0.2, 0.25) is 0 Å². The SMILES string of the molecule is CN(Cc1ccccc1Br)C(=O)CN1C(=O)NC(C)(c2ccco2)C1=O. The van der Waals surface area contributed by atoms with Crippen molar-refractivity contribution in [3.05, 3.63) is 58.5 Å². The molecule has 2 heterocycles. The van der Waals surface area contributed by atoms with Crippen molar-refractivity contribution in [2.45, 2.75) is 19.0 Å². The Bertz CT molecular complexity index is 852. The van der Waals surface area contributed by atoms with Crippen molar-refractivity contribution in [3.63, 3.8) is 0 Å². The van der Waals surface area contributed by atoms with E-state index in [1.807, 2.05) is 24.3 Å². The van der Waals surface area contributed by atoms with Gasteiger partial charge < -0.3 is 14.6 Å². The Morgan fingerprint density at radius 1 is 1.27 bits per heavy atom. The molecule has 1 aromatic heterocycles. The second-order valence-electron chi connectivity index (χ2n) is 6.26. The fourth-order valence-electron chi connectivity index (χ4n) is 2.80. The minimum atomic E-state index is -1.30. The molecule has 1 saturated heterocycles. The predicted octanol–water partition coefficient (Wildman–Crippen LogP) is 2.47. The Morgan fingerprint density at radius 2 is 2.00 bits per heavy atom. The topological polar surface area (TPSA) is 82.9 Å². The number of hydrogen-bond acceptors (Lipinski definition) is 4. The third-order valence-corrected chi connectivity index (χ3v) is 5.15. The Balaban J connectivity index is 1.70. The summed E-state index contributed by atoms with van der Waals surface area (Å²) in [4.78, 5) is 39.9. The second kappa shape index (κ2) is 6.95. The lowest BCUT2D eigenvalue weighted by Gasteiger charge is -2.22. The van der Waals surface area contributed by atoms with Gasteiger partial charge in [0.2, 0.25) is 5.91 Å². The van der Waals surface area contributed by atoms with Gasteiger partial charge in [-0.1, -0.05) is 34.1 Å². The van der Waals surface area contributed by atoms with Crippen LogP contribution in [-0.2, 0) is 21.7 Å². The van der Waals surface area contributed by atoms with E-state index in [2.05, 4.69) is 21.2 Å². The molecular formula is C18H18BrN3O4. The molecule has 7 nitrogen and oxygen atoms in total. The number of halogens is 1. The number of imide groups is 1. The molecule has 0 saturated carbocycles. The van der Waals surface area contributed by atoms with E-state index >= 15 is 0 Å². The summed E-state index contributed by atoms with van der Waals surface area (Å²) in [5, 5.41) is 2.60. The van der Waals surface area contributed by atoms with Crippen molar-refractivity contribution in [1.82, 2.24) is 15.1 Å². The van der Waals surface area contributed by atoms with Gasteiger partial charge in [0.15, 0.2) is 5.54 Å². The van der Waals surface area contributed by atoms with Crippen LogP contribution in [0.15, 0.2) is 51.6 Å². The molecule has 3 rings (SSSR count). The minimum absolute atomic E-state index is 0.326. The third-order valence-electron chi connectivity index (χ3n) is 4.37. The minimum Gasteiger partial charge on any atom is -0.466 e. The highest BCUT2D eigenvalue weighted by atomic mass is 79.9. The molecule has 0 bridgehead atoms. The van der Waals surface area contributed by atoms with Crippen molar-refractivity contribution in [2.24, 2.45) is 0 Å². The highest BCUT2D eigenvalue weighted by molar-refractivity contribution is 9.10. The molecule has 26 heavy (non-hydrogen) atoms. The molecule has 1 aromatic carbocycles. The van der Waals surface area contributed by atoms with E-state index in [9.17, 15) is 14.4 Å². The van der Waals surface area contributed by atoms with Crippen LogP contribution >= 0.6 is 15.9 Å². The zero-order chi connectivity index (χ0) is 18.9. The molecule has 1 unspecified atom stereocenters. The molecule has 1 atom stereocenters. The van der Waals surface area contributed by atoms with E-state index in [-0.39, 0.29) is 12.5 Å². The number of benzene rings is 1. The number of nitrogens with one attached hydrogen (secondary N) is 1. The number of likely N-dealkylation sites (N-methyl/N-ethyl adjacent to an activating group) is 1. The van der Waals surface area contributed by atoms with Crippen molar-refractivity contribution in [2.75, 3.05) is 13.6 Å². The Labute approximate surface area is 159 Å². The van der Waals surface area contributed by atoms with Gasteiger partial charge in [-0.3, -0.25) is 14.5 Å². The molecule has 1 aliphatic heterocycles. The number of amides is 4. The number of carbonyl (C=O) groups excluding carboxylic acids is 3. The molecule has 0 aliphatic carbocycles. The first-order chi connectivity index (χ1) is 12.3. The summed E-state index contributed by atoms with van der Waals surface area (Å²) >= 11 is 3.44. The van der Waals surface area contributed by atoms with Gasteiger partial charge in [0, 0.05) is 18.1 Å². The van der Waals surface area contributed by atoms with Crippen molar-refractivity contribution in [1.29, 1.82) is 0 Å². The summed E-state index contributed by atoms with van der Waals surface area (Å²) in [5.74, 6) is -0.527. The quantitative estimate of drug-likeness (QED) is 0.754. The molecule has 0 spiro atoms. The monoisotopic (exact) mass is 419 g/mol. The first kappa shape index (κ1) is 18.2. The average Bonchev–Trinajstić information content (AvgIpc) is 3.21. The highest BCUT2D eigenvalue weighted by Gasteiger charge is 2.51. The molecule has 136 valence electrons. The summed E-state index contributed by atoms with van der Waals surface area (Å²) in [7, 11) is 1.63. The summed E-state index contributed by atoms with van der Waals surface area (Å²) in [6, 6.07) is 10.2. The summed E-state index contributed by atoms with van der Waals surface area (Å²) < 4.78 is 6.16. The lowest BCUT2D eigenvalue weighted by molar-refractivity contribution is -0.138.